The molecule has 2 aromatic rings. The summed E-state index contributed by atoms with van der Waals surface area (Å²) in [6.45, 7) is 1.43. The maximum absolute atomic E-state index is 10.5. The average molecular weight is 415 g/mol. The van der Waals surface area contributed by atoms with Crippen LogP contribution in [-0.4, -0.2) is 59.4 Å². The first kappa shape index (κ1) is 21.0. The molecule has 1 aromatic heterocycles. The highest BCUT2D eigenvalue weighted by molar-refractivity contribution is 5.44. The second-order valence-corrected chi connectivity index (χ2v) is 7.90. The van der Waals surface area contributed by atoms with E-state index in [1.165, 1.54) is 0 Å². The monoisotopic (exact) mass is 415 g/mol. The minimum absolute atomic E-state index is 0.0460. The molecule has 1 aliphatic heterocycles. The number of fused-ring (bicyclic) bond motifs is 1. The van der Waals surface area contributed by atoms with Crippen LogP contribution in [0.1, 0.15) is 23.5 Å². The summed E-state index contributed by atoms with van der Waals surface area (Å²) in [6.07, 6.45) is 3.16. The van der Waals surface area contributed by atoms with E-state index in [-0.39, 0.29) is 31.3 Å². The van der Waals surface area contributed by atoms with Gasteiger partial charge >= 0.3 is 0 Å². The predicted octanol–water partition coefficient (Wildman–Crippen LogP) is 1.08. The van der Waals surface area contributed by atoms with E-state index >= 15 is 0 Å². The number of rotatable bonds is 9. The highest BCUT2D eigenvalue weighted by Crippen LogP contribution is 2.36. The van der Waals surface area contributed by atoms with Gasteiger partial charge in [0.25, 0.3) is 0 Å². The van der Waals surface area contributed by atoms with E-state index < -0.39 is 6.10 Å². The summed E-state index contributed by atoms with van der Waals surface area (Å²) < 4.78 is 15.9. The van der Waals surface area contributed by atoms with Crippen molar-refractivity contribution in [1.82, 2.24) is 15.3 Å². The number of aromatic nitrogens is 2. The molecule has 4 atom stereocenters. The lowest BCUT2D eigenvalue weighted by molar-refractivity contribution is 0.0716. The van der Waals surface area contributed by atoms with Gasteiger partial charge in [-0.15, -0.1) is 0 Å². The van der Waals surface area contributed by atoms with E-state index in [0.717, 1.165) is 28.6 Å². The maximum atomic E-state index is 10.5. The van der Waals surface area contributed by atoms with Crippen LogP contribution in [0.2, 0.25) is 0 Å². The van der Waals surface area contributed by atoms with Gasteiger partial charge in [0.15, 0.2) is 11.5 Å². The van der Waals surface area contributed by atoms with Crippen molar-refractivity contribution < 1.29 is 24.4 Å². The number of methoxy groups -OCH3 is 1. The Balaban J connectivity index is 1.44. The van der Waals surface area contributed by atoms with Gasteiger partial charge in [-0.1, -0.05) is 6.07 Å². The average Bonchev–Trinajstić information content (AvgIpc) is 3.34. The topological polar surface area (TPSA) is 106 Å². The lowest BCUT2D eigenvalue weighted by Crippen LogP contribution is -2.36. The van der Waals surface area contributed by atoms with Crippen LogP contribution in [0, 0.1) is 11.8 Å². The van der Waals surface area contributed by atoms with Crippen LogP contribution in [0.25, 0.3) is 0 Å². The number of hydrogen-bond acceptors (Lipinski definition) is 8. The van der Waals surface area contributed by atoms with Crippen LogP contribution in [0.15, 0.2) is 30.5 Å². The summed E-state index contributed by atoms with van der Waals surface area (Å²) in [5.41, 5.74) is 2.01. The fourth-order valence-electron chi connectivity index (χ4n) is 4.39. The van der Waals surface area contributed by atoms with Gasteiger partial charge in [-0.2, -0.15) is 0 Å². The molecular weight excluding hydrogens is 386 g/mol. The Labute approximate surface area is 176 Å². The van der Waals surface area contributed by atoms with Crippen molar-refractivity contribution in [3.05, 3.63) is 47.5 Å². The lowest BCUT2D eigenvalue weighted by atomic mass is 9.88. The number of hydrogen-bond donors (Lipinski definition) is 3. The van der Waals surface area contributed by atoms with Crippen molar-refractivity contribution in [3.63, 3.8) is 0 Å². The molecule has 0 bridgehead atoms. The molecule has 8 heteroatoms. The molecule has 2 heterocycles. The normalized spacial score (nSPS) is 25.0. The first-order chi connectivity index (χ1) is 14.7. The third-order valence-corrected chi connectivity index (χ3v) is 6.01. The van der Waals surface area contributed by atoms with Gasteiger partial charge in [-0.05, 0) is 42.5 Å². The number of aliphatic hydroxyl groups excluding tert-OH is 2. The summed E-state index contributed by atoms with van der Waals surface area (Å²) >= 11 is 0. The summed E-state index contributed by atoms with van der Waals surface area (Å²) in [4.78, 5) is 8.95. The molecule has 1 aromatic carbocycles. The Morgan fingerprint density at radius 1 is 1.20 bits per heavy atom. The van der Waals surface area contributed by atoms with Crippen molar-refractivity contribution in [2.24, 2.45) is 11.8 Å². The number of nitrogens with zero attached hydrogens (tertiary/aromatic N) is 2. The van der Waals surface area contributed by atoms with E-state index in [1.807, 2.05) is 24.3 Å². The minimum Gasteiger partial charge on any atom is -0.454 e. The molecule has 0 saturated heterocycles. The molecule has 0 spiro atoms. The number of aliphatic hydroxyl groups is 2. The van der Waals surface area contributed by atoms with E-state index in [2.05, 4.69) is 15.3 Å². The Morgan fingerprint density at radius 2 is 2.07 bits per heavy atom. The summed E-state index contributed by atoms with van der Waals surface area (Å²) in [6, 6.07) is 7.88. The van der Waals surface area contributed by atoms with Gasteiger partial charge < -0.3 is 29.7 Å². The fraction of sp³-hybridized carbons (Fsp3) is 0.545. The third kappa shape index (κ3) is 4.73. The first-order valence-electron chi connectivity index (χ1n) is 10.4. The van der Waals surface area contributed by atoms with Crippen LogP contribution in [0.3, 0.4) is 0 Å². The van der Waals surface area contributed by atoms with Crippen molar-refractivity contribution in [2.75, 3.05) is 27.1 Å². The number of nitrogens with one attached hydrogen (secondary N) is 1. The zero-order chi connectivity index (χ0) is 20.9. The van der Waals surface area contributed by atoms with E-state index in [9.17, 15) is 10.2 Å². The number of benzene rings is 1. The van der Waals surface area contributed by atoms with Crippen LogP contribution < -0.4 is 14.8 Å². The lowest BCUT2D eigenvalue weighted by Gasteiger charge is -2.25. The fourth-order valence-corrected chi connectivity index (χ4v) is 4.39. The Hall–Kier alpha value is -2.26. The van der Waals surface area contributed by atoms with E-state index in [0.29, 0.717) is 32.4 Å². The summed E-state index contributed by atoms with van der Waals surface area (Å²) in [7, 11) is 1.66. The zero-order valence-corrected chi connectivity index (χ0v) is 17.2. The van der Waals surface area contributed by atoms with Crippen LogP contribution in [0.4, 0.5) is 0 Å². The zero-order valence-electron chi connectivity index (χ0n) is 17.2. The summed E-state index contributed by atoms with van der Waals surface area (Å²) in [5.74, 6) is 2.16. The molecule has 0 amide bonds. The predicted molar refractivity (Wildman–Crippen MR) is 109 cm³/mol. The maximum Gasteiger partial charge on any atom is 0.231 e. The minimum atomic E-state index is -0.538. The highest BCUT2D eigenvalue weighted by Gasteiger charge is 2.42. The number of ether oxygens (including phenoxy) is 3. The third-order valence-electron chi connectivity index (χ3n) is 6.01. The Kier molecular flexibility index (Phi) is 6.79. The van der Waals surface area contributed by atoms with Gasteiger partial charge in [0, 0.05) is 50.5 Å². The molecular formula is C22H29N3O5. The highest BCUT2D eigenvalue weighted by atomic mass is 16.7. The van der Waals surface area contributed by atoms with Gasteiger partial charge in [-0.3, -0.25) is 0 Å². The molecule has 1 saturated carbocycles. The van der Waals surface area contributed by atoms with Crippen molar-refractivity contribution in [3.8, 4) is 11.5 Å². The molecule has 1 fully saturated rings. The van der Waals surface area contributed by atoms with Gasteiger partial charge in [0.1, 0.15) is 5.82 Å². The first-order valence-corrected chi connectivity index (χ1v) is 10.4. The molecule has 2 aliphatic rings. The molecule has 3 N–H and O–H groups in total. The molecule has 1 aliphatic carbocycles. The second kappa shape index (κ2) is 9.70. The largest absolute Gasteiger partial charge is 0.454 e. The molecule has 4 unspecified atom stereocenters. The summed E-state index contributed by atoms with van der Waals surface area (Å²) in [5, 5.41) is 24.0. The Bertz CT molecular complexity index is 849. The molecule has 30 heavy (non-hydrogen) atoms. The Morgan fingerprint density at radius 3 is 2.90 bits per heavy atom. The van der Waals surface area contributed by atoms with Gasteiger partial charge in [0.05, 0.1) is 12.7 Å². The van der Waals surface area contributed by atoms with Gasteiger partial charge in [-0.25, -0.2) is 9.97 Å². The molecule has 162 valence electrons. The molecule has 0 radical (unpaired) electrons. The smallest absolute Gasteiger partial charge is 0.231 e. The SMILES string of the molecule is COCCc1nccc(CC2C(NCc3ccc4c(c3)OCO4)CC(O)C2CO)n1. The van der Waals surface area contributed by atoms with Crippen LogP contribution in [-0.2, 0) is 24.1 Å². The van der Waals surface area contributed by atoms with E-state index in [4.69, 9.17) is 14.2 Å². The van der Waals surface area contributed by atoms with Crippen molar-refractivity contribution in [2.45, 2.75) is 38.0 Å². The van der Waals surface area contributed by atoms with E-state index in [1.54, 1.807) is 13.3 Å². The second-order valence-electron chi connectivity index (χ2n) is 7.90. The molecule has 4 rings (SSSR count). The standard InChI is InChI=1S/C22H29N3O5/c1-28-7-5-22-23-6-4-15(25-22)9-16-17(12-26)19(27)10-18(16)24-11-14-2-3-20-21(8-14)30-13-29-20/h2-4,6,8,16-19,24,26-27H,5,7,9-13H2,1H3. The van der Waals surface area contributed by atoms with Crippen molar-refractivity contribution >= 4 is 0 Å². The van der Waals surface area contributed by atoms with Crippen LogP contribution in [0.5, 0.6) is 11.5 Å². The molecule has 8 nitrogen and oxygen atoms in total. The van der Waals surface area contributed by atoms with Crippen LogP contribution >= 0.6 is 0 Å². The van der Waals surface area contributed by atoms with Crippen molar-refractivity contribution in [1.29, 1.82) is 0 Å². The van der Waals surface area contributed by atoms with Gasteiger partial charge in [0.2, 0.25) is 6.79 Å². The quantitative estimate of drug-likeness (QED) is 0.559.